The molecule has 2 aromatic rings. The van der Waals surface area contributed by atoms with Gasteiger partial charge >= 0.3 is 5.69 Å². The van der Waals surface area contributed by atoms with Crippen molar-refractivity contribution in [3.63, 3.8) is 0 Å². The van der Waals surface area contributed by atoms with E-state index in [1.165, 1.54) is 0 Å². The van der Waals surface area contributed by atoms with Gasteiger partial charge in [0, 0.05) is 12.7 Å². The zero-order valence-electron chi connectivity index (χ0n) is 9.72. The highest BCUT2D eigenvalue weighted by molar-refractivity contribution is 5.84. The van der Waals surface area contributed by atoms with Gasteiger partial charge in [-0.2, -0.15) is 4.98 Å². The molecule has 2 rings (SSSR count). The van der Waals surface area contributed by atoms with Crippen LogP contribution in [0.15, 0.2) is 41.8 Å². The Labute approximate surface area is 99.2 Å². The summed E-state index contributed by atoms with van der Waals surface area (Å²) in [5, 5.41) is 0.846. The van der Waals surface area contributed by atoms with E-state index in [4.69, 9.17) is 4.74 Å². The first-order chi connectivity index (χ1) is 8.26. The first-order valence-electron chi connectivity index (χ1n) is 5.41. The summed E-state index contributed by atoms with van der Waals surface area (Å²) in [4.78, 5) is 15.7. The van der Waals surface area contributed by atoms with E-state index in [-0.39, 0.29) is 5.69 Å². The Balaban J connectivity index is 2.60. The number of aryl methyl sites for hydroxylation is 1. The van der Waals surface area contributed by atoms with Gasteiger partial charge in [-0.3, -0.25) is 4.57 Å². The Morgan fingerprint density at radius 3 is 3.06 bits per heavy atom. The van der Waals surface area contributed by atoms with Gasteiger partial charge in [0.1, 0.15) is 5.75 Å². The lowest BCUT2D eigenvalue weighted by Gasteiger charge is -2.07. The van der Waals surface area contributed by atoms with E-state index >= 15 is 0 Å². The van der Waals surface area contributed by atoms with Gasteiger partial charge in [-0.1, -0.05) is 12.1 Å². The number of aromatic nitrogens is 2. The van der Waals surface area contributed by atoms with Gasteiger partial charge in [0.15, 0.2) is 0 Å². The molecule has 0 saturated carbocycles. The van der Waals surface area contributed by atoms with E-state index in [1.54, 1.807) is 30.0 Å². The average Bonchev–Trinajstić information content (AvgIpc) is 2.35. The Morgan fingerprint density at radius 2 is 2.35 bits per heavy atom. The number of allylic oxidation sites excluding steroid dienone is 1. The molecule has 0 spiro atoms. The predicted octanol–water partition coefficient (Wildman–Crippen LogP) is 1.98. The van der Waals surface area contributed by atoms with Crippen LogP contribution in [0.25, 0.3) is 10.9 Å². The molecule has 1 aromatic carbocycles. The maximum atomic E-state index is 11.7. The lowest BCUT2D eigenvalue weighted by Crippen LogP contribution is -2.22. The summed E-state index contributed by atoms with van der Waals surface area (Å²) >= 11 is 0. The molecular weight excluding hydrogens is 216 g/mol. The molecule has 0 saturated heterocycles. The summed E-state index contributed by atoms with van der Waals surface area (Å²) in [7, 11) is 1.61. The van der Waals surface area contributed by atoms with Crippen LogP contribution in [0.1, 0.15) is 6.42 Å². The molecular formula is C13H14N2O2. The fraction of sp³-hybridized carbons (Fsp3) is 0.231. The van der Waals surface area contributed by atoms with Crippen LogP contribution >= 0.6 is 0 Å². The highest BCUT2D eigenvalue weighted by Crippen LogP contribution is 2.22. The maximum absolute atomic E-state index is 11.7. The zero-order valence-corrected chi connectivity index (χ0v) is 9.72. The lowest BCUT2D eigenvalue weighted by molar-refractivity contribution is 0.419. The van der Waals surface area contributed by atoms with Crippen molar-refractivity contribution in [2.45, 2.75) is 13.0 Å². The number of nitrogens with zero attached hydrogens (tertiary/aromatic N) is 2. The smallest absolute Gasteiger partial charge is 0.348 e. The number of hydrogen-bond acceptors (Lipinski definition) is 3. The molecule has 4 heteroatoms. The Kier molecular flexibility index (Phi) is 3.23. The monoisotopic (exact) mass is 230 g/mol. The molecule has 17 heavy (non-hydrogen) atoms. The van der Waals surface area contributed by atoms with Gasteiger partial charge in [0.2, 0.25) is 0 Å². The first-order valence-corrected chi connectivity index (χ1v) is 5.41. The predicted molar refractivity (Wildman–Crippen MR) is 67.4 cm³/mol. The average molecular weight is 230 g/mol. The van der Waals surface area contributed by atoms with Crippen molar-refractivity contribution in [1.29, 1.82) is 0 Å². The molecule has 0 atom stereocenters. The van der Waals surface area contributed by atoms with E-state index in [9.17, 15) is 4.79 Å². The van der Waals surface area contributed by atoms with Gasteiger partial charge in [0.25, 0.3) is 0 Å². The molecule has 0 unspecified atom stereocenters. The largest absolute Gasteiger partial charge is 0.496 e. The van der Waals surface area contributed by atoms with E-state index in [0.717, 1.165) is 17.6 Å². The summed E-state index contributed by atoms with van der Waals surface area (Å²) in [6.07, 6.45) is 4.30. The van der Waals surface area contributed by atoms with Crippen LogP contribution in [0.3, 0.4) is 0 Å². The Bertz CT molecular complexity index is 602. The van der Waals surface area contributed by atoms with Crippen LogP contribution in [0.2, 0.25) is 0 Å². The van der Waals surface area contributed by atoms with Crippen LogP contribution in [0.4, 0.5) is 0 Å². The normalized spacial score (nSPS) is 10.4. The fourth-order valence-electron chi connectivity index (χ4n) is 1.71. The second kappa shape index (κ2) is 4.82. The maximum Gasteiger partial charge on any atom is 0.348 e. The highest BCUT2D eigenvalue weighted by atomic mass is 16.5. The number of hydrogen-bond donors (Lipinski definition) is 0. The number of rotatable bonds is 4. The standard InChI is InChI=1S/C13H14N2O2/c1-3-4-8-15-9-10-11(14-13(15)16)6-5-7-12(10)17-2/h3,5-7,9H,1,4,8H2,2H3. The van der Waals surface area contributed by atoms with Crippen molar-refractivity contribution in [3.8, 4) is 5.75 Å². The van der Waals surface area contributed by atoms with Gasteiger partial charge in [0.05, 0.1) is 18.0 Å². The van der Waals surface area contributed by atoms with Crippen LogP contribution < -0.4 is 10.4 Å². The minimum Gasteiger partial charge on any atom is -0.496 e. The number of fused-ring (bicyclic) bond motifs is 1. The molecule has 4 nitrogen and oxygen atoms in total. The Morgan fingerprint density at radius 1 is 1.53 bits per heavy atom. The minimum absolute atomic E-state index is 0.243. The lowest BCUT2D eigenvalue weighted by atomic mass is 10.2. The number of benzene rings is 1. The molecule has 0 aliphatic carbocycles. The SMILES string of the molecule is C=CCCn1cc2c(OC)cccc2nc1=O. The summed E-state index contributed by atoms with van der Waals surface area (Å²) < 4.78 is 6.83. The summed E-state index contributed by atoms with van der Waals surface area (Å²) in [5.74, 6) is 0.724. The van der Waals surface area contributed by atoms with Crippen molar-refractivity contribution in [1.82, 2.24) is 9.55 Å². The van der Waals surface area contributed by atoms with Crippen molar-refractivity contribution in [2.75, 3.05) is 7.11 Å². The molecule has 0 N–H and O–H groups in total. The minimum atomic E-state index is -0.243. The van der Waals surface area contributed by atoms with E-state index in [1.807, 2.05) is 12.1 Å². The second-order valence-electron chi connectivity index (χ2n) is 3.69. The molecule has 1 aromatic heterocycles. The molecule has 0 fully saturated rings. The van der Waals surface area contributed by atoms with Gasteiger partial charge in [-0.25, -0.2) is 4.79 Å². The third-order valence-corrected chi connectivity index (χ3v) is 2.58. The molecule has 0 aliphatic heterocycles. The summed E-state index contributed by atoms with van der Waals surface area (Å²) in [5.41, 5.74) is 0.414. The van der Waals surface area contributed by atoms with Gasteiger partial charge < -0.3 is 4.74 Å². The van der Waals surface area contributed by atoms with E-state index < -0.39 is 0 Å². The molecule has 0 radical (unpaired) electrons. The van der Waals surface area contributed by atoms with Crippen molar-refractivity contribution < 1.29 is 4.74 Å². The summed E-state index contributed by atoms with van der Waals surface area (Å²) in [6.45, 7) is 4.23. The number of methoxy groups -OCH3 is 1. The molecule has 1 heterocycles. The zero-order chi connectivity index (χ0) is 12.3. The van der Waals surface area contributed by atoms with Crippen molar-refractivity contribution in [2.24, 2.45) is 0 Å². The highest BCUT2D eigenvalue weighted by Gasteiger charge is 2.05. The van der Waals surface area contributed by atoms with Crippen LogP contribution in [0, 0.1) is 0 Å². The van der Waals surface area contributed by atoms with Crippen LogP contribution in [-0.4, -0.2) is 16.7 Å². The molecule has 0 bridgehead atoms. The topological polar surface area (TPSA) is 44.1 Å². The van der Waals surface area contributed by atoms with E-state index in [0.29, 0.717) is 12.1 Å². The molecule has 88 valence electrons. The van der Waals surface area contributed by atoms with E-state index in [2.05, 4.69) is 11.6 Å². The third kappa shape index (κ3) is 2.20. The van der Waals surface area contributed by atoms with Gasteiger partial charge in [-0.15, -0.1) is 6.58 Å². The van der Waals surface area contributed by atoms with Crippen molar-refractivity contribution >= 4 is 10.9 Å². The molecule has 0 amide bonds. The Hall–Kier alpha value is -2.10. The van der Waals surface area contributed by atoms with Crippen molar-refractivity contribution in [3.05, 3.63) is 47.5 Å². The first kappa shape index (κ1) is 11.4. The fourth-order valence-corrected chi connectivity index (χ4v) is 1.71. The summed E-state index contributed by atoms with van der Waals surface area (Å²) in [6, 6.07) is 5.48. The quantitative estimate of drug-likeness (QED) is 0.754. The third-order valence-electron chi connectivity index (χ3n) is 2.58. The van der Waals surface area contributed by atoms with Gasteiger partial charge in [-0.05, 0) is 18.6 Å². The van der Waals surface area contributed by atoms with Crippen LogP contribution in [0.5, 0.6) is 5.75 Å². The second-order valence-corrected chi connectivity index (χ2v) is 3.69. The van der Waals surface area contributed by atoms with Crippen LogP contribution in [-0.2, 0) is 6.54 Å². The molecule has 0 aliphatic rings. The number of ether oxygens (including phenoxy) is 1.